The van der Waals surface area contributed by atoms with Crippen LogP contribution in [0.2, 0.25) is 0 Å². The summed E-state index contributed by atoms with van der Waals surface area (Å²) in [5.74, 6) is -1.39. The number of nitrogens with zero attached hydrogens (tertiary/aromatic N) is 1. The summed E-state index contributed by atoms with van der Waals surface area (Å²) in [6.45, 7) is 5.77. The Balaban J connectivity index is 1.92. The van der Waals surface area contributed by atoms with Crippen LogP contribution < -0.4 is 0 Å². The van der Waals surface area contributed by atoms with Crippen LogP contribution in [-0.2, 0) is 4.74 Å². The second-order valence-electron chi connectivity index (χ2n) is 6.86. The van der Waals surface area contributed by atoms with E-state index in [4.69, 9.17) is 4.74 Å². The van der Waals surface area contributed by atoms with Gasteiger partial charge in [-0.3, -0.25) is 0 Å². The molecule has 1 fully saturated rings. The van der Waals surface area contributed by atoms with Gasteiger partial charge in [0.1, 0.15) is 11.4 Å². The van der Waals surface area contributed by atoms with E-state index >= 15 is 0 Å². The van der Waals surface area contributed by atoms with Crippen LogP contribution in [0.15, 0.2) is 29.2 Å². The van der Waals surface area contributed by atoms with E-state index in [1.165, 1.54) is 23.1 Å². The zero-order valence-electron chi connectivity index (χ0n) is 14.0. The summed E-state index contributed by atoms with van der Waals surface area (Å²) >= 11 is 0.378. The molecule has 0 spiro atoms. The highest BCUT2D eigenvalue weighted by Gasteiger charge is 2.43. The number of halogens is 3. The second kappa shape index (κ2) is 7.25. The number of ether oxygens (including phenoxy) is 1. The number of alkyl halides is 2. The number of amides is 1. The predicted octanol–water partition coefficient (Wildman–Crippen LogP) is 5.16. The molecule has 1 aliphatic heterocycles. The molecule has 0 bridgehead atoms. The van der Waals surface area contributed by atoms with Gasteiger partial charge in [0.2, 0.25) is 0 Å². The molecule has 1 aromatic carbocycles. The molecule has 0 radical (unpaired) electrons. The minimum Gasteiger partial charge on any atom is -0.444 e. The van der Waals surface area contributed by atoms with E-state index in [9.17, 15) is 18.0 Å². The number of benzene rings is 1. The summed E-state index contributed by atoms with van der Waals surface area (Å²) in [5, 5.41) is -3.01. The van der Waals surface area contributed by atoms with Crippen LogP contribution in [0.5, 0.6) is 0 Å². The van der Waals surface area contributed by atoms with Crippen molar-refractivity contribution in [3.05, 3.63) is 30.1 Å². The van der Waals surface area contributed by atoms with Gasteiger partial charge in [0.15, 0.2) is 0 Å². The van der Waals surface area contributed by atoms with Crippen molar-refractivity contribution < 1.29 is 22.7 Å². The standard InChI is InChI=1S/C17H22F3NO2S/c1-16(2,3)23-15(22)21-9-7-12(8-10-21)17(19,20)24-14-6-4-5-13(18)11-14/h4-6,11-12H,7-10H2,1-3H3. The van der Waals surface area contributed by atoms with Crippen molar-refractivity contribution in [1.82, 2.24) is 4.90 Å². The van der Waals surface area contributed by atoms with Gasteiger partial charge in [0, 0.05) is 23.9 Å². The van der Waals surface area contributed by atoms with Crippen molar-refractivity contribution in [2.24, 2.45) is 5.92 Å². The molecular formula is C17H22F3NO2S. The molecular weight excluding hydrogens is 339 g/mol. The van der Waals surface area contributed by atoms with Gasteiger partial charge >= 0.3 is 11.3 Å². The molecule has 7 heteroatoms. The van der Waals surface area contributed by atoms with Crippen molar-refractivity contribution in [3.8, 4) is 0 Å². The lowest BCUT2D eigenvalue weighted by atomic mass is 9.97. The Labute approximate surface area is 144 Å². The van der Waals surface area contributed by atoms with Crippen LogP contribution in [0.4, 0.5) is 18.0 Å². The highest BCUT2D eigenvalue weighted by Crippen LogP contribution is 2.45. The second-order valence-corrected chi connectivity index (χ2v) is 8.08. The van der Waals surface area contributed by atoms with E-state index in [1.807, 2.05) is 0 Å². The molecule has 0 atom stereocenters. The zero-order valence-corrected chi connectivity index (χ0v) is 14.8. The Morgan fingerprint density at radius 3 is 2.42 bits per heavy atom. The molecule has 1 aromatic rings. The van der Waals surface area contributed by atoms with Crippen LogP contribution in [0, 0.1) is 11.7 Å². The lowest BCUT2D eigenvalue weighted by Gasteiger charge is -2.36. The third kappa shape index (κ3) is 5.33. The average molecular weight is 361 g/mol. The Bertz CT molecular complexity index is 581. The van der Waals surface area contributed by atoms with Gasteiger partial charge in [0.25, 0.3) is 0 Å². The normalized spacial score (nSPS) is 17.0. The first-order valence-electron chi connectivity index (χ1n) is 7.87. The van der Waals surface area contributed by atoms with Gasteiger partial charge in [-0.1, -0.05) is 17.8 Å². The Hall–Kier alpha value is -1.37. The highest BCUT2D eigenvalue weighted by atomic mass is 32.2. The smallest absolute Gasteiger partial charge is 0.410 e. The summed E-state index contributed by atoms with van der Waals surface area (Å²) in [6.07, 6.45) is -0.0922. The third-order valence-electron chi connectivity index (χ3n) is 3.67. The molecule has 134 valence electrons. The predicted molar refractivity (Wildman–Crippen MR) is 87.7 cm³/mol. The van der Waals surface area contributed by atoms with Crippen LogP contribution >= 0.6 is 11.8 Å². The molecule has 2 rings (SSSR count). The highest BCUT2D eigenvalue weighted by molar-refractivity contribution is 8.00. The minimum absolute atomic E-state index is 0.189. The van der Waals surface area contributed by atoms with Crippen molar-refractivity contribution in [3.63, 3.8) is 0 Å². The molecule has 1 heterocycles. The maximum atomic E-state index is 14.4. The van der Waals surface area contributed by atoms with E-state index in [-0.39, 0.29) is 30.8 Å². The minimum atomic E-state index is -3.01. The molecule has 0 aliphatic carbocycles. The first-order valence-corrected chi connectivity index (χ1v) is 8.69. The fourth-order valence-corrected chi connectivity index (χ4v) is 3.53. The molecule has 3 nitrogen and oxygen atoms in total. The largest absolute Gasteiger partial charge is 0.444 e. The van der Waals surface area contributed by atoms with Crippen molar-refractivity contribution in [2.75, 3.05) is 13.1 Å². The SMILES string of the molecule is CC(C)(C)OC(=O)N1CCC(C(F)(F)Sc2cccc(F)c2)CC1. The van der Waals surface area contributed by atoms with Crippen LogP contribution in [0.1, 0.15) is 33.6 Å². The number of piperidine rings is 1. The maximum Gasteiger partial charge on any atom is 0.410 e. The number of carbonyl (C=O) groups is 1. The quantitative estimate of drug-likeness (QED) is 0.697. The van der Waals surface area contributed by atoms with Crippen molar-refractivity contribution in [2.45, 2.75) is 49.4 Å². The summed E-state index contributed by atoms with van der Waals surface area (Å²) in [4.78, 5) is 13.6. The number of likely N-dealkylation sites (tertiary alicyclic amines) is 1. The molecule has 0 aromatic heterocycles. The summed E-state index contributed by atoms with van der Waals surface area (Å²) in [7, 11) is 0. The Morgan fingerprint density at radius 1 is 1.25 bits per heavy atom. The van der Waals surface area contributed by atoms with Crippen LogP contribution in [0.25, 0.3) is 0 Å². The lowest BCUT2D eigenvalue weighted by Crippen LogP contribution is -2.44. The number of hydrogen-bond donors (Lipinski definition) is 0. The fraction of sp³-hybridized carbons (Fsp3) is 0.588. The Kier molecular flexibility index (Phi) is 5.73. The summed E-state index contributed by atoms with van der Waals surface area (Å²) in [5.41, 5.74) is -0.606. The molecule has 1 amide bonds. The maximum absolute atomic E-state index is 14.4. The molecule has 0 N–H and O–H groups in total. The topological polar surface area (TPSA) is 29.5 Å². The van der Waals surface area contributed by atoms with Gasteiger partial charge in [-0.05, 0) is 51.8 Å². The summed E-state index contributed by atoms with van der Waals surface area (Å²) < 4.78 is 47.3. The Morgan fingerprint density at radius 2 is 1.88 bits per heavy atom. The fourth-order valence-electron chi connectivity index (χ4n) is 2.50. The van der Waals surface area contributed by atoms with E-state index < -0.39 is 28.7 Å². The van der Waals surface area contributed by atoms with Crippen LogP contribution in [0.3, 0.4) is 0 Å². The third-order valence-corrected chi connectivity index (χ3v) is 4.77. The van der Waals surface area contributed by atoms with Crippen molar-refractivity contribution >= 4 is 17.9 Å². The number of hydrogen-bond acceptors (Lipinski definition) is 3. The average Bonchev–Trinajstić information content (AvgIpc) is 2.45. The first-order chi connectivity index (χ1) is 11.1. The van der Waals surface area contributed by atoms with E-state index in [2.05, 4.69) is 0 Å². The van der Waals surface area contributed by atoms with E-state index in [0.717, 1.165) is 6.07 Å². The van der Waals surface area contributed by atoms with Gasteiger partial charge in [0.05, 0.1) is 0 Å². The molecule has 1 aliphatic rings. The summed E-state index contributed by atoms with van der Waals surface area (Å²) in [6, 6.07) is 5.21. The lowest BCUT2D eigenvalue weighted by molar-refractivity contribution is -0.0125. The van der Waals surface area contributed by atoms with Gasteiger partial charge in [-0.25, -0.2) is 9.18 Å². The van der Waals surface area contributed by atoms with Gasteiger partial charge in [-0.15, -0.1) is 0 Å². The van der Waals surface area contributed by atoms with E-state index in [1.54, 1.807) is 20.8 Å². The monoisotopic (exact) mass is 361 g/mol. The van der Waals surface area contributed by atoms with Gasteiger partial charge in [-0.2, -0.15) is 8.78 Å². The van der Waals surface area contributed by atoms with Crippen LogP contribution in [-0.4, -0.2) is 34.9 Å². The first kappa shape index (κ1) is 19.0. The molecule has 24 heavy (non-hydrogen) atoms. The number of rotatable bonds is 3. The molecule has 1 saturated heterocycles. The molecule has 0 saturated carbocycles. The zero-order chi connectivity index (χ0) is 18.0. The number of carbonyl (C=O) groups excluding carboxylic acids is 1. The van der Waals surface area contributed by atoms with E-state index in [0.29, 0.717) is 11.8 Å². The molecule has 0 unspecified atom stereocenters. The van der Waals surface area contributed by atoms with Crippen molar-refractivity contribution in [1.29, 1.82) is 0 Å². The number of thioether (sulfide) groups is 1. The van der Waals surface area contributed by atoms with Gasteiger partial charge < -0.3 is 9.64 Å².